The molecule has 0 aromatic carbocycles. The smallest absolute Gasteiger partial charge is 0.287 e. The van der Waals surface area contributed by atoms with Crippen LogP contribution in [0.15, 0.2) is 12.3 Å². The SMILES string of the molecule is Cc1cc([N+](=O)[O-])cnc1NC1CC(=O)N(C(C)C)C1=O. The molecule has 0 spiro atoms. The summed E-state index contributed by atoms with van der Waals surface area (Å²) < 4.78 is 0. The summed E-state index contributed by atoms with van der Waals surface area (Å²) in [6, 6.07) is 0.506. The standard InChI is InChI=1S/C13H16N4O4/c1-7(2)16-11(18)5-10(13(16)19)15-12-8(3)4-9(6-14-12)17(20)21/h4,6-7,10H,5H2,1-3H3,(H,14,15). The van der Waals surface area contributed by atoms with E-state index in [1.54, 1.807) is 20.8 Å². The van der Waals surface area contributed by atoms with Gasteiger partial charge in [-0.1, -0.05) is 0 Å². The van der Waals surface area contributed by atoms with Gasteiger partial charge in [-0.25, -0.2) is 4.98 Å². The van der Waals surface area contributed by atoms with Gasteiger partial charge in [0.1, 0.15) is 18.1 Å². The molecule has 1 atom stereocenters. The maximum absolute atomic E-state index is 12.2. The zero-order chi connectivity index (χ0) is 15.7. The van der Waals surface area contributed by atoms with Crippen LogP contribution in [0, 0.1) is 17.0 Å². The number of aromatic nitrogens is 1. The van der Waals surface area contributed by atoms with E-state index in [1.165, 1.54) is 11.0 Å². The van der Waals surface area contributed by atoms with Gasteiger partial charge in [0.2, 0.25) is 5.91 Å². The molecule has 0 saturated carbocycles. The third-order valence-corrected chi connectivity index (χ3v) is 3.28. The normalized spacial score (nSPS) is 18.5. The minimum atomic E-state index is -0.674. The molecule has 8 nitrogen and oxygen atoms in total. The van der Waals surface area contributed by atoms with Crippen molar-refractivity contribution in [3.05, 3.63) is 27.9 Å². The summed E-state index contributed by atoms with van der Waals surface area (Å²) in [5.74, 6) is -0.154. The Hall–Kier alpha value is -2.51. The fraction of sp³-hybridized carbons (Fsp3) is 0.462. The number of nitrogens with one attached hydrogen (secondary N) is 1. The molecule has 2 amide bonds. The van der Waals surface area contributed by atoms with E-state index >= 15 is 0 Å². The summed E-state index contributed by atoms with van der Waals surface area (Å²) >= 11 is 0. The van der Waals surface area contributed by atoms with Gasteiger partial charge in [0.05, 0.1) is 11.3 Å². The third kappa shape index (κ3) is 2.83. The average Bonchev–Trinajstić information content (AvgIpc) is 2.66. The molecule has 0 radical (unpaired) electrons. The van der Waals surface area contributed by atoms with Crippen molar-refractivity contribution in [2.75, 3.05) is 5.32 Å². The van der Waals surface area contributed by atoms with Crippen LogP contribution in [0.2, 0.25) is 0 Å². The molecule has 1 unspecified atom stereocenters. The Morgan fingerprint density at radius 2 is 2.14 bits per heavy atom. The highest BCUT2D eigenvalue weighted by molar-refractivity contribution is 6.07. The van der Waals surface area contributed by atoms with Crippen LogP contribution in [0.25, 0.3) is 0 Å². The van der Waals surface area contributed by atoms with Gasteiger partial charge in [0, 0.05) is 12.1 Å². The van der Waals surface area contributed by atoms with Gasteiger partial charge >= 0.3 is 0 Å². The van der Waals surface area contributed by atoms with Crippen LogP contribution in [0.5, 0.6) is 0 Å². The maximum atomic E-state index is 12.2. The molecule has 1 aromatic rings. The number of likely N-dealkylation sites (tertiary alicyclic amines) is 1. The number of rotatable bonds is 4. The topological polar surface area (TPSA) is 105 Å². The van der Waals surface area contributed by atoms with Gasteiger partial charge in [0.25, 0.3) is 11.6 Å². The highest BCUT2D eigenvalue weighted by Crippen LogP contribution is 2.23. The second-order valence-corrected chi connectivity index (χ2v) is 5.21. The molecule has 8 heteroatoms. The number of carbonyl (C=O) groups is 2. The number of nitrogens with zero attached hydrogens (tertiary/aromatic N) is 3. The van der Waals surface area contributed by atoms with E-state index in [9.17, 15) is 19.7 Å². The summed E-state index contributed by atoms with van der Waals surface area (Å²) in [5, 5.41) is 13.6. The van der Waals surface area contributed by atoms with Crippen LogP contribution in [-0.4, -0.2) is 38.7 Å². The lowest BCUT2D eigenvalue weighted by Gasteiger charge is -2.19. The first-order chi connectivity index (χ1) is 9.81. The molecule has 0 bridgehead atoms. The van der Waals surface area contributed by atoms with Crippen LogP contribution in [-0.2, 0) is 9.59 Å². The number of hydrogen-bond acceptors (Lipinski definition) is 6. The Balaban J connectivity index is 2.18. The summed E-state index contributed by atoms with van der Waals surface area (Å²) in [7, 11) is 0. The van der Waals surface area contributed by atoms with Gasteiger partial charge < -0.3 is 5.32 Å². The van der Waals surface area contributed by atoms with Crippen molar-refractivity contribution in [2.24, 2.45) is 0 Å². The van der Waals surface area contributed by atoms with E-state index in [0.29, 0.717) is 11.4 Å². The zero-order valence-corrected chi connectivity index (χ0v) is 12.0. The van der Waals surface area contributed by atoms with Crippen molar-refractivity contribution in [2.45, 2.75) is 39.3 Å². The van der Waals surface area contributed by atoms with Crippen LogP contribution < -0.4 is 5.32 Å². The van der Waals surface area contributed by atoms with Crippen molar-refractivity contribution >= 4 is 23.3 Å². The minimum absolute atomic E-state index is 0.0646. The number of nitro groups is 1. The number of carbonyl (C=O) groups excluding carboxylic acids is 2. The summed E-state index contributed by atoms with van der Waals surface area (Å²) in [5.41, 5.74) is 0.433. The van der Waals surface area contributed by atoms with Gasteiger partial charge in [0.15, 0.2) is 0 Å². The lowest BCUT2D eigenvalue weighted by atomic mass is 10.2. The zero-order valence-electron chi connectivity index (χ0n) is 12.0. The Morgan fingerprint density at radius 1 is 1.48 bits per heavy atom. The largest absolute Gasteiger partial charge is 0.358 e. The lowest BCUT2D eigenvalue weighted by Crippen LogP contribution is -2.39. The van der Waals surface area contributed by atoms with Gasteiger partial charge in [-0.2, -0.15) is 0 Å². The van der Waals surface area contributed by atoms with Gasteiger partial charge in [-0.3, -0.25) is 24.6 Å². The van der Waals surface area contributed by atoms with Gasteiger partial charge in [-0.15, -0.1) is 0 Å². The number of amides is 2. The molecule has 2 heterocycles. The van der Waals surface area contributed by atoms with E-state index in [4.69, 9.17) is 0 Å². The van der Waals surface area contributed by atoms with Gasteiger partial charge in [-0.05, 0) is 26.3 Å². The molecule has 1 aliphatic rings. The fourth-order valence-electron chi connectivity index (χ4n) is 2.28. The van der Waals surface area contributed by atoms with Crippen molar-refractivity contribution in [3.63, 3.8) is 0 Å². The van der Waals surface area contributed by atoms with Crippen molar-refractivity contribution in [3.8, 4) is 0 Å². The highest BCUT2D eigenvalue weighted by Gasteiger charge is 2.40. The van der Waals surface area contributed by atoms with Crippen LogP contribution in [0.1, 0.15) is 25.8 Å². The highest BCUT2D eigenvalue weighted by atomic mass is 16.6. The van der Waals surface area contributed by atoms with E-state index in [0.717, 1.165) is 6.20 Å². The van der Waals surface area contributed by atoms with E-state index in [1.807, 2.05) is 0 Å². The molecule has 1 N–H and O–H groups in total. The number of hydrogen-bond donors (Lipinski definition) is 1. The van der Waals surface area contributed by atoms with E-state index in [-0.39, 0.29) is 30.0 Å². The van der Waals surface area contributed by atoms with Crippen LogP contribution >= 0.6 is 0 Å². The molecule has 1 aromatic heterocycles. The number of anilines is 1. The van der Waals surface area contributed by atoms with Crippen molar-refractivity contribution in [1.29, 1.82) is 0 Å². The fourth-order valence-corrected chi connectivity index (χ4v) is 2.28. The average molecular weight is 292 g/mol. The molecular formula is C13H16N4O4. The maximum Gasteiger partial charge on any atom is 0.287 e. The first kappa shape index (κ1) is 14.9. The predicted molar refractivity (Wildman–Crippen MR) is 74.6 cm³/mol. The second kappa shape index (κ2) is 5.47. The summed E-state index contributed by atoms with van der Waals surface area (Å²) in [6.45, 7) is 5.20. The first-order valence-electron chi connectivity index (χ1n) is 6.54. The Morgan fingerprint density at radius 3 is 2.62 bits per heavy atom. The Labute approximate surface area is 121 Å². The lowest BCUT2D eigenvalue weighted by molar-refractivity contribution is -0.385. The molecule has 0 aliphatic carbocycles. The second-order valence-electron chi connectivity index (χ2n) is 5.21. The van der Waals surface area contributed by atoms with Crippen molar-refractivity contribution < 1.29 is 14.5 Å². The molecule has 21 heavy (non-hydrogen) atoms. The quantitative estimate of drug-likeness (QED) is 0.508. The van der Waals surface area contributed by atoms with E-state index < -0.39 is 11.0 Å². The first-order valence-corrected chi connectivity index (χ1v) is 6.54. The molecule has 1 aliphatic heterocycles. The minimum Gasteiger partial charge on any atom is -0.358 e. The van der Waals surface area contributed by atoms with Crippen LogP contribution in [0.3, 0.4) is 0 Å². The molecule has 2 rings (SSSR count). The van der Waals surface area contributed by atoms with E-state index in [2.05, 4.69) is 10.3 Å². The molecule has 1 saturated heterocycles. The van der Waals surface area contributed by atoms with Crippen LogP contribution in [0.4, 0.5) is 11.5 Å². The number of imide groups is 1. The predicted octanol–water partition coefficient (Wildman–Crippen LogP) is 1.25. The molecule has 1 fully saturated rings. The molecular weight excluding hydrogens is 276 g/mol. The monoisotopic (exact) mass is 292 g/mol. The summed E-state index contributed by atoms with van der Waals surface area (Å²) in [4.78, 5) is 39.3. The number of aryl methyl sites for hydroxylation is 1. The molecule has 112 valence electrons. The Bertz CT molecular complexity index is 614. The number of pyridine rings is 1. The third-order valence-electron chi connectivity index (χ3n) is 3.28. The van der Waals surface area contributed by atoms with Crippen molar-refractivity contribution in [1.82, 2.24) is 9.88 Å². The Kier molecular flexibility index (Phi) is 3.88. The summed E-state index contributed by atoms with van der Waals surface area (Å²) in [6.07, 6.45) is 1.19.